The molecule has 1 aromatic heterocycles. The Hall–Kier alpha value is -0.940. The number of aromatic nitrogens is 1. The lowest BCUT2D eigenvalue weighted by atomic mass is 10.2. The molecule has 0 bridgehead atoms. The molecule has 0 aliphatic rings. The monoisotopic (exact) mass is 185 g/mol. The molecule has 0 spiro atoms. The fourth-order valence-electron chi connectivity index (χ4n) is 0.847. The molecule has 1 atom stereocenters. The van der Waals surface area contributed by atoms with Crippen LogP contribution in [0.2, 0.25) is 0 Å². The van der Waals surface area contributed by atoms with Gasteiger partial charge in [0, 0.05) is 17.5 Å². The van der Waals surface area contributed by atoms with E-state index in [0.29, 0.717) is 0 Å². The van der Waals surface area contributed by atoms with Crippen LogP contribution in [0.5, 0.6) is 0 Å². The molecule has 1 amide bonds. The van der Waals surface area contributed by atoms with E-state index in [1.54, 1.807) is 0 Å². The smallest absolute Gasteiger partial charge is 0.219 e. The summed E-state index contributed by atoms with van der Waals surface area (Å²) in [6.07, 6.45) is 0.160. The number of carbonyl (C=O) groups excluding carboxylic acids is 1. The molecule has 0 saturated heterocycles. The highest BCUT2D eigenvalue weighted by molar-refractivity contribution is 7.09. The minimum Gasteiger partial charge on any atom is -0.370 e. The molecule has 1 heterocycles. The van der Waals surface area contributed by atoms with E-state index in [1.807, 2.05) is 12.3 Å². The van der Waals surface area contributed by atoms with Crippen molar-refractivity contribution < 1.29 is 4.79 Å². The van der Waals surface area contributed by atoms with Crippen molar-refractivity contribution in [3.05, 3.63) is 16.1 Å². The van der Waals surface area contributed by atoms with Gasteiger partial charge in [-0.2, -0.15) is 0 Å². The van der Waals surface area contributed by atoms with Gasteiger partial charge in [-0.3, -0.25) is 4.79 Å². The van der Waals surface area contributed by atoms with Crippen LogP contribution in [0.25, 0.3) is 0 Å². The first-order chi connectivity index (χ1) is 5.59. The van der Waals surface area contributed by atoms with Crippen molar-refractivity contribution in [3.63, 3.8) is 0 Å². The van der Waals surface area contributed by atoms with E-state index < -0.39 is 5.91 Å². The molecule has 4 nitrogen and oxygen atoms in total. The Kier molecular flexibility index (Phi) is 2.78. The number of hydrogen-bond acceptors (Lipinski definition) is 4. The van der Waals surface area contributed by atoms with Crippen LogP contribution in [0, 0.1) is 6.92 Å². The summed E-state index contributed by atoms with van der Waals surface area (Å²) in [7, 11) is 0. The van der Waals surface area contributed by atoms with Crippen molar-refractivity contribution in [2.24, 2.45) is 11.5 Å². The number of amides is 1. The highest BCUT2D eigenvalue weighted by Crippen LogP contribution is 2.17. The van der Waals surface area contributed by atoms with Crippen LogP contribution in [0.3, 0.4) is 0 Å². The van der Waals surface area contributed by atoms with Gasteiger partial charge < -0.3 is 11.5 Å². The Bertz CT molecular complexity index is 284. The number of hydrogen-bond donors (Lipinski definition) is 2. The molecule has 0 aliphatic heterocycles. The average Bonchev–Trinajstić information content (AvgIpc) is 2.34. The first-order valence-electron chi connectivity index (χ1n) is 3.55. The molecule has 0 aromatic carbocycles. The van der Waals surface area contributed by atoms with Gasteiger partial charge in [0.05, 0.1) is 6.04 Å². The molecule has 1 unspecified atom stereocenters. The van der Waals surface area contributed by atoms with E-state index >= 15 is 0 Å². The summed E-state index contributed by atoms with van der Waals surface area (Å²) in [5.41, 5.74) is 11.6. The molecule has 0 saturated carbocycles. The van der Waals surface area contributed by atoms with Crippen molar-refractivity contribution in [2.75, 3.05) is 0 Å². The van der Waals surface area contributed by atoms with E-state index in [-0.39, 0.29) is 12.5 Å². The lowest BCUT2D eigenvalue weighted by molar-refractivity contribution is -0.118. The molecule has 0 aliphatic carbocycles. The van der Waals surface area contributed by atoms with Gasteiger partial charge >= 0.3 is 0 Å². The summed E-state index contributed by atoms with van der Waals surface area (Å²) in [5, 5.41) is 2.67. The Morgan fingerprint density at radius 2 is 2.50 bits per heavy atom. The Morgan fingerprint density at radius 3 is 2.92 bits per heavy atom. The van der Waals surface area contributed by atoms with E-state index in [2.05, 4.69) is 4.98 Å². The SMILES string of the molecule is Cc1csc(C(N)CC(N)=O)n1. The normalized spacial score (nSPS) is 12.8. The first-order valence-corrected chi connectivity index (χ1v) is 4.43. The highest BCUT2D eigenvalue weighted by atomic mass is 32.1. The zero-order valence-electron chi connectivity index (χ0n) is 6.78. The van der Waals surface area contributed by atoms with Crippen molar-refractivity contribution in [1.29, 1.82) is 0 Å². The Balaban J connectivity index is 2.64. The number of rotatable bonds is 3. The van der Waals surface area contributed by atoms with Gasteiger partial charge in [0.2, 0.25) is 5.91 Å². The zero-order valence-corrected chi connectivity index (χ0v) is 7.60. The van der Waals surface area contributed by atoms with E-state index in [9.17, 15) is 4.79 Å². The van der Waals surface area contributed by atoms with E-state index in [0.717, 1.165) is 10.7 Å². The van der Waals surface area contributed by atoms with Crippen molar-refractivity contribution in [1.82, 2.24) is 4.98 Å². The standard InChI is InChI=1S/C7H11N3OS/c1-4-3-12-7(10-4)5(8)2-6(9)11/h3,5H,2,8H2,1H3,(H2,9,11). The van der Waals surface area contributed by atoms with Crippen LogP contribution in [-0.4, -0.2) is 10.9 Å². The zero-order chi connectivity index (χ0) is 9.14. The van der Waals surface area contributed by atoms with Gasteiger partial charge in [0.1, 0.15) is 5.01 Å². The summed E-state index contributed by atoms with van der Waals surface area (Å²) in [4.78, 5) is 14.7. The number of thiazole rings is 1. The van der Waals surface area contributed by atoms with Crippen molar-refractivity contribution in [3.8, 4) is 0 Å². The van der Waals surface area contributed by atoms with Crippen LogP contribution in [0.15, 0.2) is 5.38 Å². The molecule has 12 heavy (non-hydrogen) atoms. The molecule has 1 rings (SSSR count). The number of primary amides is 1. The maximum absolute atomic E-state index is 10.5. The van der Waals surface area contributed by atoms with Gasteiger partial charge in [-0.1, -0.05) is 0 Å². The molecule has 0 fully saturated rings. The Morgan fingerprint density at radius 1 is 1.83 bits per heavy atom. The summed E-state index contributed by atoms with van der Waals surface area (Å²) in [6, 6.07) is -0.346. The van der Waals surface area contributed by atoms with Gasteiger partial charge in [-0.15, -0.1) is 11.3 Å². The lowest BCUT2D eigenvalue weighted by Crippen LogP contribution is -2.20. The first kappa shape index (κ1) is 9.15. The summed E-state index contributed by atoms with van der Waals surface area (Å²) < 4.78 is 0. The molecule has 1 aromatic rings. The number of nitrogens with two attached hydrogens (primary N) is 2. The van der Waals surface area contributed by atoms with Gasteiger partial charge in [-0.25, -0.2) is 4.98 Å². The predicted octanol–water partition coefficient (Wildman–Crippen LogP) is 0.327. The molecular weight excluding hydrogens is 174 g/mol. The topological polar surface area (TPSA) is 82.0 Å². The molecule has 66 valence electrons. The Labute approximate surface area is 74.6 Å². The minimum atomic E-state index is -0.393. The predicted molar refractivity (Wildman–Crippen MR) is 47.6 cm³/mol. The van der Waals surface area contributed by atoms with Gasteiger partial charge in [0.25, 0.3) is 0 Å². The molecule has 4 N–H and O–H groups in total. The summed E-state index contributed by atoms with van der Waals surface area (Å²) >= 11 is 1.46. The van der Waals surface area contributed by atoms with Crippen molar-refractivity contribution in [2.45, 2.75) is 19.4 Å². The number of aryl methyl sites for hydroxylation is 1. The van der Waals surface area contributed by atoms with E-state index in [4.69, 9.17) is 11.5 Å². The van der Waals surface area contributed by atoms with Crippen LogP contribution in [0.1, 0.15) is 23.2 Å². The third-order valence-corrected chi connectivity index (χ3v) is 2.47. The number of carbonyl (C=O) groups is 1. The number of nitrogens with zero attached hydrogens (tertiary/aromatic N) is 1. The second kappa shape index (κ2) is 3.64. The maximum atomic E-state index is 10.5. The second-order valence-electron chi connectivity index (χ2n) is 2.60. The maximum Gasteiger partial charge on any atom is 0.219 e. The molecule has 0 radical (unpaired) electrons. The second-order valence-corrected chi connectivity index (χ2v) is 3.49. The third kappa shape index (κ3) is 2.28. The summed E-state index contributed by atoms with van der Waals surface area (Å²) in [6.45, 7) is 1.89. The van der Waals surface area contributed by atoms with Crippen LogP contribution < -0.4 is 11.5 Å². The van der Waals surface area contributed by atoms with Gasteiger partial charge in [0.15, 0.2) is 0 Å². The molecular formula is C7H11N3OS. The van der Waals surface area contributed by atoms with E-state index in [1.165, 1.54) is 11.3 Å². The lowest BCUT2D eigenvalue weighted by Gasteiger charge is -2.03. The third-order valence-electron chi connectivity index (χ3n) is 1.38. The van der Waals surface area contributed by atoms with Crippen LogP contribution in [-0.2, 0) is 4.79 Å². The minimum absolute atomic E-state index is 0.160. The van der Waals surface area contributed by atoms with Crippen molar-refractivity contribution >= 4 is 17.2 Å². The van der Waals surface area contributed by atoms with Crippen LogP contribution in [0.4, 0.5) is 0 Å². The molecule has 5 heteroatoms. The highest BCUT2D eigenvalue weighted by Gasteiger charge is 2.11. The largest absolute Gasteiger partial charge is 0.370 e. The van der Waals surface area contributed by atoms with Crippen LogP contribution >= 0.6 is 11.3 Å². The quantitative estimate of drug-likeness (QED) is 0.711. The fraction of sp³-hybridized carbons (Fsp3) is 0.429. The fourth-order valence-corrected chi connectivity index (χ4v) is 1.65. The van der Waals surface area contributed by atoms with Gasteiger partial charge in [-0.05, 0) is 6.92 Å². The average molecular weight is 185 g/mol. The summed E-state index contributed by atoms with van der Waals surface area (Å²) in [5.74, 6) is -0.393.